The Kier molecular flexibility index (Phi) is 3.33. The van der Waals surface area contributed by atoms with Crippen LogP contribution in [0.15, 0.2) is 30.3 Å². The predicted molar refractivity (Wildman–Crippen MR) is 45.4 cm³/mol. The van der Waals surface area contributed by atoms with E-state index >= 15 is 0 Å². The van der Waals surface area contributed by atoms with Crippen molar-refractivity contribution in [3.63, 3.8) is 0 Å². The molecular formula is C9H11F2NO. The minimum absolute atomic E-state index is 0.0940. The highest BCUT2D eigenvalue weighted by Crippen LogP contribution is 2.23. The Bertz CT molecular complexity index is 251. The molecule has 2 nitrogen and oxygen atoms in total. The fourth-order valence-electron chi connectivity index (χ4n) is 0.962. The van der Waals surface area contributed by atoms with Gasteiger partial charge in [0, 0.05) is 12.1 Å². The lowest BCUT2D eigenvalue weighted by Crippen LogP contribution is -2.35. The summed E-state index contributed by atoms with van der Waals surface area (Å²) in [5.41, 5.74) is -0.0940. The van der Waals surface area contributed by atoms with Crippen LogP contribution < -0.4 is 5.32 Å². The number of hydrogen-bond acceptors (Lipinski definition) is 2. The summed E-state index contributed by atoms with van der Waals surface area (Å²) in [5.74, 6) is 0. The number of hydrogen-bond donors (Lipinski definition) is 2. The highest BCUT2D eigenvalue weighted by molar-refractivity contribution is 5.19. The molecule has 0 bridgehead atoms. The number of rotatable bonds is 4. The molecule has 0 amide bonds. The fraction of sp³-hybridized carbons (Fsp3) is 0.333. The van der Waals surface area contributed by atoms with Gasteiger partial charge in [0.15, 0.2) is 0 Å². The van der Waals surface area contributed by atoms with Gasteiger partial charge in [-0.1, -0.05) is 30.3 Å². The summed E-state index contributed by atoms with van der Waals surface area (Å²) in [6.07, 6.45) is 0. The van der Waals surface area contributed by atoms with Crippen LogP contribution in [0.2, 0.25) is 0 Å². The summed E-state index contributed by atoms with van der Waals surface area (Å²) in [4.78, 5) is 0. The first kappa shape index (κ1) is 10.1. The lowest BCUT2D eigenvalue weighted by molar-refractivity contribution is -0.0438. The number of aliphatic hydroxyl groups is 1. The molecule has 0 aromatic heterocycles. The second-order valence-corrected chi connectivity index (χ2v) is 2.59. The maximum absolute atomic E-state index is 13.1. The third-order valence-electron chi connectivity index (χ3n) is 1.60. The Morgan fingerprint density at radius 3 is 2.38 bits per heavy atom. The summed E-state index contributed by atoms with van der Waals surface area (Å²) in [6, 6.07) is 4.37. The maximum Gasteiger partial charge on any atom is 0.329 e. The van der Waals surface area contributed by atoms with Crippen molar-refractivity contribution in [1.82, 2.24) is 5.32 Å². The molecular weight excluding hydrogens is 176 g/mol. The highest BCUT2D eigenvalue weighted by Gasteiger charge is 2.29. The molecule has 0 heterocycles. The Hall–Kier alpha value is -1.00. The van der Waals surface area contributed by atoms with E-state index in [0.29, 0.717) is 0 Å². The van der Waals surface area contributed by atoms with E-state index in [1.807, 2.05) is 5.32 Å². The topological polar surface area (TPSA) is 32.3 Å². The first-order chi connectivity index (χ1) is 6.17. The Morgan fingerprint density at radius 1 is 1.23 bits per heavy atom. The molecule has 0 aliphatic heterocycles. The minimum Gasteiger partial charge on any atom is -0.395 e. The summed E-state index contributed by atoms with van der Waals surface area (Å²) in [6.45, 7) is -0.426. The molecule has 0 aliphatic carbocycles. The SMILES string of the molecule is OCCNC(F)(F)c1ccccc1. The summed E-state index contributed by atoms with van der Waals surface area (Å²) in [7, 11) is 0. The fourth-order valence-corrected chi connectivity index (χ4v) is 0.962. The molecule has 0 aliphatic rings. The number of nitrogens with one attached hydrogen (secondary N) is 1. The smallest absolute Gasteiger partial charge is 0.329 e. The normalized spacial score (nSPS) is 11.6. The second-order valence-electron chi connectivity index (χ2n) is 2.59. The molecule has 1 aromatic carbocycles. The van der Waals surface area contributed by atoms with Gasteiger partial charge in [0.05, 0.1) is 6.61 Å². The third-order valence-corrected chi connectivity index (χ3v) is 1.60. The van der Waals surface area contributed by atoms with Crippen molar-refractivity contribution in [3.8, 4) is 0 Å². The minimum atomic E-state index is -3.07. The first-order valence-corrected chi connectivity index (χ1v) is 3.96. The zero-order valence-corrected chi connectivity index (χ0v) is 7.00. The van der Waals surface area contributed by atoms with E-state index in [9.17, 15) is 8.78 Å². The van der Waals surface area contributed by atoms with Crippen molar-refractivity contribution in [2.75, 3.05) is 13.2 Å². The molecule has 0 fully saturated rings. The summed E-state index contributed by atoms with van der Waals surface area (Å²) in [5, 5.41) is 10.3. The van der Waals surface area contributed by atoms with Crippen molar-refractivity contribution >= 4 is 0 Å². The average molecular weight is 187 g/mol. The number of benzene rings is 1. The molecule has 1 rings (SSSR count). The largest absolute Gasteiger partial charge is 0.395 e. The Morgan fingerprint density at radius 2 is 1.85 bits per heavy atom. The lowest BCUT2D eigenvalue weighted by atomic mass is 10.2. The first-order valence-electron chi connectivity index (χ1n) is 3.96. The highest BCUT2D eigenvalue weighted by atomic mass is 19.3. The van der Waals surface area contributed by atoms with Gasteiger partial charge in [-0.25, -0.2) is 0 Å². The molecule has 1 aromatic rings. The zero-order chi connectivity index (χ0) is 9.73. The average Bonchev–Trinajstić information content (AvgIpc) is 2.16. The van der Waals surface area contributed by atoms with E-state index in [4.69, 9.17) is 5.11 Å². The van der Waals surface area contributed by atoms with Gasteiger partial charge in [-0.3, -0.25) is 5.32 Å². The van der Waals surface area contributed by atoms with E-state index in [0.717, 1.165) is 0 Å². The van der Waals surface area contributed by atoms with Gasteiger partial charge in [-0.05, 0) is 0 Å². The molecule has 0 atom stereocenters. The van der Waals surface area contributed by atoms with Gasteiger partial charge >= 0.3 is 6.05 Å². The van der Waals surface area contributed by atoms with Crippen LogP contribution in [0.3, 0.4) is 0 Å². The number of halogens is 2. The summed E-state index contributed by atoms with van der Waals surface area (Å²) >= 11 is 0. The van der Waals surface area contributed by atoms with Crippen molar-refractivity contribution in [2.24, 2.45) is 0 Å². The van der Waals surface area contributed by atoms with Crippen LogP contribution in [0.25, 0.3) is 0 Å². The quantitative estimate of drug-likeness (QED) is 0.697. The summed E-state index contributed by atoms with van der Waals surface area (Å²) < 4.78 is 26.2. The molecule has 0 saturated heterocycles. The molecule has 13 heavy (non-hydrogen) atoms. The van der Waals surface area contributed by atoms with Crippen molar-refractivity contribution < 1.29 is 13.9 Å². The van der Waals surface area contributed by atoms with Gasteiger partial charge in [-0.2, -0.15) is 8.78 Å². The van der Waals surface area contributed by atoms with Crippen LogP contribution in [-0.4, -0.2) is 18.3 Å². The predicted octanol–water partition coefficient (Wildman–Crippen LogP) is 1.32. The van der Waals surface area contributed by atoms with Crippen LogP contribution in [-0.2, 0) is 6.05 Å². The molecule has 0 saturated carbocycles. The zero-order valence-electron chi connectivity index (χ0n) is 7.00. The van der Waals surface area contributed by atoms with E-state index in [1.54, 1.807) is 18.2 Å². The molecule has 72 valence electrons. The van der Waals surface area contributed by atoms with Crippen LogP contribution in [0.4, 0.5) is 8.78 Å². The van der Waals surface area contributed by atoms with Crippen LogP contribution in [0, 0.1) is 0 Å². The molecule has 0 radical (unpaired) electrons. The number of alkyl halides is 2. The van der Waals surface area contributed by atoms with Crippen LogP contribution >= 0.6 is 0 Å². The van der Waals surface area contributed by atoms with E-state index < -0.39 is 6.05 Å². The van der Waals surface area contributed by atoms with Crippen molar-refractivity contribution in [2.45, 2.75) is 6.05 Å². The Labute approximate surface area is 75.2 Å². The monoisotopic (exact) mass is 187 g/mol. The van der Waals surface area contributed by atoms with Gasteiger partial charge in [0.25, 0.3) is 0 Å². The van der Waals surface area contributed by atoms with E-state index in [2.05, 4.69) is 0 Å². The number of aliphatic hydroxyl groups excluding tert-OH is 1. The molecule has 2 N–H and O–H groups in total. The standard InChI is InChI=1S/C9H11F2NO/c10-9(11,12-6-7-13)8-4-2-1-3-5-8/h1-5,12-13H,6-7H2. The lowest BCUT2D eigenvalue weighted by Gasteiger charge is -2.17. The van der Waals surface area contributed by atoms with Crippen LogP contribution in [0.5, 0.6) is 0 Å². The van der Waals surface area contributed by atoms with Gasteiger partial charge in [0.1, 0.15) is 0 Å². The van der Waals surface area contributed by atoms with Crippen molar-refractivity contribution in [1.29, 1.82) is 0 Å². The van der Waals surface area contributed by atoms with Gasteiger partial charge in [0.2, 0.25) is 0 Å². The molecule has 0 unspecified atom stereocenters. The second kappa shape index (κ2) is 4.30. The van der Waals surface area contributed by atoms with Crippen LogP contribution in [0.1, 0.15) is 5.56 Å². The van der Waals surface area contributed by atoms with Gasteiger partial charge < -0.3 is 5.11 Å². The maximum atomic E-state index is 13.1. The molecule has 0 spiro atoms. The molecule has 4 heteroatoms. The van der Waals surface area contributed by atoms with Gasteiger partial charge in [-0.15, -0.1) is 0 Å². The van der Waals surface area contributed by atoms with E-state index in [1.165, 1.54) is 12.1 Å². The third kappa shape index (κ3) is 2.75. The van der Waals surface area contributed by atoms with E-state index in [-0.39, 0.29) is 18.7 Å². The Balaban J connectivity index is 2.69. The van der Waals surface area contributed by atoms with Crippen molar-refractivity contribution in [3.05, 3.63) is 35.9 Å².